The fraction of sp³-hybridized carbons (Fsp3) is 0.500. The minimum absolute atomic E-state index is 0.359. The third-order valence-corrected chi connectivity index (χ3v) is 2.48. The van der Waals surface area contributed by atoms with E-state index in [0.717, 1.165) is 5.16 Å². The molecule has 0 saturated heterocycles. The van der Waals surface area contributed by atoms with Gasteiger partial charge in [-0.3, -0.25) is 4.79 Å². The summed E-state index contributed by atoms with van der Waals surface area (Å²) in [6.07, 6.45) is 3.37. The highest BCUT2D eigenvalue weighted by Gasteiger charge is 2.14. The van der Waals surface area contributed by atoms with Crippen LogP contribution in [0.4, 0.5) is 0 Å². The molecule has 0 bridgehead atoms. The first kappa shape index (κ1) is 11.1. The van der Waals surface area contributed by atoms with E-state index < -0.39 is 6.04 Å². The predicted octanol–water partition coefficient (Wildman–Crippen LogP) is 0.392. The molecular formula is C8H13N3O2S. The SMILES string of the molecule is CCOC(=O)C(N)CSc1ncc[nH]1. The first-order valence-electron chi connectivity index (χ1n) is 4.28. The molecule has 1 heterocycles. The molecule has 78 valence electrons. The number of H-pyrrole nitrogens is 1. The number of aromatic amines is 1. The number of ether oxygens (including phenoxy) is 1. The topological polar surface area (TPSA) is 81.0 Å². The molecule has 0 aliphatic heterocycles. The van der Waals surface area contributed by atoms with Crippen LogP contribution < -0.4 is 5.73 Å². The van der Waals surface area contributed by atoms with Crippen LogP contribution >= 0.6 is 11.8 Å². The summed E-state index contributed by atoms with van der Waals surface area (Å²) in [5.74, 6) is 0.0957. The maximum absolute atomic E-state index is 11.1. The van der Waals surface area contributed by atoms with Crippen LogP contribution in [0.15, 0.2) is 17.6 Å². The van der Waals surface area contributed by atoms with Gasteiger partial charge in [0, 0.05) is 18.1 Å². The van der Waals surface area contributed by atoms with Gasteiger partial charge in [-0.2, -0.15) is 0 Å². The fourth-order valence-electron chi connectivity index (χ4n) is 0.816. The van der Waals surface area contributed by atoms with Crippen molar-refractivity contribution < 1.29 is 9.53 Å². The Bertz CT molecular complexity index is 276. The van der Waals surface area contributed by atoms with Gasteiger partial charge in [0.1, 0.15) is 6.04 Å². The standard InChI is InChI=1S/C8H13N3O2S/c1-2-13-7(12)6(9)5-14-8-10-3-4-11-8/h3-4,6H,2,5,9H2,1H3,(H,10,11). The molecular weight excluding hydrogens is 202 g/mol. The Kier molecular flexibility index (Phi) is 4.48. The molecule has 6 heteroatoms. The first-order valence-corrected chi connectivity index (χ1v) is 5.27. The Labute approximate surface area is 86.4 Å². The van der Waals surface area contributed by atoms with Gasteiger partial charge in [-0.25, -0.2) is 4.98 Å². The van der Waals surface area contributed by atoms with Crippen LogP contribution in [0, 0.1) is 0 Å². The van der Waals surface area contributed by atoms with E-state index in [9.17, 15) is 4.79 Å². The van der Waals surface area contributed by atoms with Gasteiger partial charge in [0.05, 0.1) is 6.61 Å². The van der Waals surface area contributed by atoms with Crippen molar-refractivity contribution in [2.45, 2.75) is 18.1 Å². The number of thioether (sulfide) groups is 1. The van der Waals surface area contributed by atoms with Gasteiger partial charge in [-0.1, -0.05) is 11.8 Å². The first-order chi connectivity index (χ1) is 6.74. The lowest BCUT2D eigenvalue weighted by atomic mass is 10.4. The smallest absolute Gasteiger partial charge is 0.323 e. The molecule has 1 unspecified atom stereocenters. The summed E-state index contributed by atoms with van der Waals surface area (Å²) in [6, 6.07) is -0.593. The highest BCUT2D eigenvalue weighted by atomic mass is 32.2. The summed E-state index contributed by atoms with van der Waals surface area (Å²) in [5.41, 5.74) is 5.58. The predicted molar refractivity (Wildman–Crippen MR) is 53.9 cm³/mol. The van der Waals surface area contributed by atoms with Crippen molar-refractivity contribution in [2.75, 3.05) is 12.4 Å². The van der Waals surface area contributed by atoms with Crippen molar-refractivity contribution in [3.8, 4) is 0 Å². The molecule has 1 aromatic rings. The molecule has 0 spiro atoms. The van der Waals surface area contributed by atoms with Gasteiger partial charge in [-0.15, -0.1) is 0 Å². The Balaban J connectivity index is 2.27. The van der Waals surface area contributed by atoms with Crippen LogP contribution in [0.2, 0.25) is 0 Å². The average Bonchev–Trinajstić information content (AvgIpc) is 2.67. The zero-order chi connectivity index (χ0) is 10.4. The van der Waals surface area contributed by atoms with Crippen LogP contribution in [-0.2, 0) is 9.53 Å². The lowest BCUT2D eigenvalue weighted by molar-refractivity contribution is -0.144. The maximum Gasteiger partial charge on any atom is 0.323 e. The van der Waals surface area contributed by atoms with Gasteiger partial charge < -0.3 is 15.5 Å². The van der Waals surface area contributed by atoms with Crippen LogP contribution in [0.1, 0.15) is 6.92 Å². The van der Waals surface area contributed by atoms with E-state index in [4.69, 9.17) is 10.5 Å². The molecule has 0 amide bonds. The van der Waals surface area contributed by atoms with E-state index >= 15 is 0 Å². The highest BCUT2D eigenvalue weighted by Crippen LogP contribution is 2.12. The molecule has 1 rings (SSSR count). The summed E-state index contributed by atoms with van der Waals surface area (Å²) in [4.78, 5) is 18.0. The molecule has 0 fully saturated rings. The van der Waals surface area contributed by atoms with Gasteiger partial charge in [0.15, 0.2) is 5.16 Å². The lowest BCUT2D eigenvalue weighted by Gasteiger charge is -2.08. The number of hydrogen-bond donors (Lipinski definition) is 2. The number of imidazole rings is 1. The molecule has 0 aliphatic rings. The third-order valence-electron chi connectivity index (χ3n) is 1.46. The summed E-state index contributed by atoms with van der Waals surface area (Å²) in [6.45, 7) is 2.11. The lowest BCUT2D eigenvalue weighted by Crippen LogP contribution is -2.34. The van der Waals surface area contributed by atoms with E-state index in [0.29, 0.717) is 12.4 Å². The number of nitrogens with two attached hydrogens (primary N) is 1. The zero-order valence-electron chi connectivity index (χ0n) is 7.90. The van der Waals surface area contributed by atoms with Crippen LogP contribution in [-0.4, -0.2) is 34.3 Å². The average molecular weight is 215 g/mol. The Morgan fingerprint density at radius 1 is 1.86 bits per heavy atom. The van der Waals surface area contributed by atoms with E-state index in [1.807, 2.05) is 0 Å². The van der Waals surface area contributed by atoms with Crippen LogP contribution in [0.5, 0.6) is 0 Å². The van der Waals surface area contributed by atoms with Crippen molar-refractivity contribution in [3.63, 3.8) is 0 Å². The minimum Gasteiger partial charge on any atom is -0.465 e. The highest BCUT2D eigenvalue weighted by molar-refractivity contribution is 7.99. The summed E-state index contributed by atoms with van der Waals surface area (Å²) < 4.78 is 4.77. The van der Waals surface area contributed by atoms with Crippen molar-refractivity contribution in [2.24, 2.45) is 5.73 Å². The van der Waals surface area contributed by atoms with Crippen molar-refractivity contribution >= 4 is 17.7 Å². The number of rotatable bonds is 5. The van der Waals surface area contributed by atoms with Gasteiger partial charge in [0.25, 0.3) is 0 Å². The molecule has 3 N–H and O–H groups in total. The van der Waals surface area contributed by atoms with E-state index in [1.54, 1.807) is 19.3 Å². The van der Waals surface area contributed by atoms with Crippen molar-refractivity contribution in [3.05, 3.63) is 12.4 Å². The maximum atomic E-state index is 11.1. The van der Waals surface area contributed by atoms with Crippen LogP contribution in [0.25, 0.3) is 0 Å². The number of nitrogens with zero attached hydrogens (tertiary/aromatic N) is 1. The van der Waals surface area contributed by atoms with E-state index in [1.165, 1.54) is 11.8 Å². The minimum atomic E-state index is -0.593. The number of carbonyl (C=O) groups is 1. The quantitative estimate of drug-likeness (QED) is 0.548. The number of esters is 1. The molecule has 5 nitrogen and oxygen atoms in total. The molecule has 0 saturated carbocycles. The number of aromatic nitrogens is 2. The molecule has 0 aliphatic carbocycles. The Hall–Kier alpha value is -1.01. The summed E-state index contributed by atoms with van der Waals surface area (Å²) in [5, 5.41) is 0.754. The second-order valence-electron chi connectivity index (χ2n) is 2.56. The number of carbonyl (C=O) groups excluding carboxylic acids is 1. The molecule has 1 atom stereocenters. The van der Waals surface area contributed by atoms with E-state index in [2.05, 4.69) is 9.97 Å². The van der Waals surface area contributed by atoms with Crippen molar-refractivity contribution in [1.29, 1.82) is 0 Å². The summed E-state index contributed by atoms with van der Waals surface area (Å²) >= 11 is 1.40. The van der Waals surface area contributed by atoms with Crippen LogP contribution in [0.3, 0.4) is 0 Å². The Morgan fingerprint density at radius 2 is 2.64 bits per heavy atom. The monoisotopic (exact) mass is 215 g/mol. The Morgan fingerprint density at radius 3 is 3.21 bits per heavy atom. The van der Waals surface area contributed by atoms with Gasteiger partial charge >= 0.3 is 5.97 Å². The zero-order valence-corrected chi connectivity index (χ0v) is 8.71. The molecule has 14 heavy (non-hydrogen) atoms. The van der Waals surface area contributed by atoms with Gasteiger partial charge in [0.2, 0.25) is 0 Å². The summed E-state index contributed by atoms with van der Waals surface area (Å²) in [7, 11) is 0. The second kappa shape index (κ2) is 5.66. The second-order valence-corrected chi connectivity index (χ2v) is 3.57. The largest absolute Gasteiger partial charge is 0.465 e. The normalized spacial score (nSPS) is 12.4. The number of nitrogens with one attached hydrogen (secondary N) is 1. The van der Waals surface area contributed by atoms with Crippen molar-refractivity contribution in [1.82, 2.24) is 9.97 Å². The third kappa shape index (κ3) is 3.39. The fourth-order valence-corrected chi connectivity index (χ4v) is 1.58. The molecule has 0 radical (unpaired) electrons. The number of hydrogen-bond acceptors (Lipinski definition) is 5. The molecule has 0 aromatic carbocycles. The molecule has 1 aromatic heterocycles. The van der Waals surface area contributed by atoms with Gasteiger partial charge in [-0.05, 0) is 6.92 Å². The van der Waals surface area contributed by atoms with E-state index in [-0.39, 0.29) is 5.97 Å².